The Morgan fingerprint density at radius 2 is 2.05 bits per heavy atom. The Bertz CT molecular complexity index is 604. The molecule has 0 spiro atoms. The predicted molar refractivity (Wildman–Crippen MR) is 74.3 cm³/mol. The van der Waals surface area contributed by atoms with Crippen LogP contribution in [0.2, 0.25) is 0 Å². The van der Waals surface area contributed by atoms with Crippen molar-refractivity contribution in [3.8, 4) is 0 Å². The van der Waals surface area contributed by atoms with Gasteiger partial charge >= 0.3 is 0 Å². The number of nitrogens with one attached hydrogen (secondary N) is 1. The number of amides is 1. The van der Waals surface area contributed by atoms with Crippen LogP contribution in [0.5, 0.6) is 0 Å². The molecule has 0 aliphatic heterocycles. The molecule has 0 unspecified atom stereocenters. The summed E-state index contributed by atoms with van der Waals surface area (Å²) < 4.78 is 0. The van der Waals surface area contributed by atoms with Gasteiger partial charge in [0.25, 0.3) is 5.91 Å². The van der Waals surface area contributed by atoms with E-state index >= 15 is 0 Å². The van der Waals surface area contributed by atoms with E-state index in [-0.39, 0.29) is 18.6 Å². The largest absolute Gasteiger partial charge is 0.395 e. The molecule has 1 aliphatic rings. The van der Waals surface area contributed by atoms with Crippen LogP contribution in [0, 0.1) is 0 Å². The van der Waals surface area contributed by atoms with Gasteiger partial charge in [0.1, 0.15) is 11.0 Å². The molecule has 6 heteroatoms. The molecule has 1 heterocycles. The Kier molecular flexibility index (Phi) is 3.64. The Morgan fingerprint density at radius 3 is 2.80 bits per heavy atom. The molecule has 1 amide bonds. The monoisotopic (exact) mass is 274 g/mol. The van der Waals surface area contributed by atoms with Crippen molar-refractivity contribution in [2.45, 2.75) is 31.7 Å². The third kappa shape index (κ3) is 2.38. The second kappa shape index (κ2) is 5.58. The Labute approximate surface area is 116 Å². The van der Waals surface area contributed by atoms with E-state index in [2.05, 4.69) is 15.4 Å². The number of fused-ring (bicyclic) bond motifs is 1. The summed E-state index contributed by atoms with van der Waals surface area (Å²) in [5.41, 5.74) is 2.04. The number of hydrogen-bond donors (Lipinski definition) is 2. The molecule has 1 aromatic heterocycles. The number of nitrogens with zero attached hydrogens (tertiary/aromatic N) is 3. The molecule has 1 aliphatic carbocycles. The molecule has 1 saturated carbocycles. The number of aromatic nitrogens is 3. The first-order valence-corrected chi connectivity index (χ1v) is 7.02. The van der Waals surface area contributed by atoms with Crippen LogP contribution in [-0.4, -0.2) is 50.5 Å². The van der Waals surface area contributed by atoms with Gasteiger partial charge in [0.15, 0.2) is 0 Å². The highest BCUT2D eigenvalue weighted by atomic mass is 16.3. The first-order chi connectivity index (χ1) is 9.79. The highest BCUT2D eigenvalue weighted by molar-refractivity contribution is 5.97. The number of carbonyl (C=O) groups excluding carboxylic acids is 1. The maximum Gasteiger partial charge on any atom is 0.254 e. The molecule has 0 bridgehead atoms. The predicted octanol–water partition coefficient (Wildman–Crippen LogP) is 1.33. The molecular weight excluding hydrogens is 256 g/mol. The minimum atomic E-state index is -0.0316. The Morgan fingerprint density at radius 1 is 1.30 bits per heavy atom. The van der Waals surface area contributed by atoms with Crippen LogP contribution in [0.25, 0.3) is 11.0 Å². The average Bonchev–Trinajstić information content (AvgIpc) is 3.13. The van der Waals surface area contributed by atoms with Crippen molar-refractivity contribution in [3.05, 3.63) is 23.8 Å². The summed E-state index contributed by atoms with van der Waals surface area (Å²) >= 11 is 0. The number of rotatable bonds is 4. The normalized spacial score (nSPS) is 15.8. The van der Waals surface area contributed by atoms with Crippen molar-refractivity contribution in [2.24, 2.45) is 0 Å². The minimum Gasteiger partial charge on any atom is -0.395 e. The number of carbonyl (C=O) groups is 1. The van der Waals surface area contributed by atoms with Crippen LogP contribution in [-0.2, 0) is 0 Å². The van der Waals surface area contributed by atoms with Gasteiger partial charge in [-0.25, -0.2) is 0 Å². The number of H-pyrrole nitrogens is 1. The van der Waals surface area contributed by atoms with Gasteiger partial charge in [0.05, 0.1) is 6.61 Å². The number of aliphatic hydroxyl groups is 1. The summed E-state index contributed by atoms with van der Waals surface area (Å²) in [5, 5.41) is 19.7. The zero-order chi connectivity index (χ0) is 13.9. The van der Waals surface area contributed by atoms with Crippen molar-refractivity contribution >= 4 is 16.9 Å². The number of hydrogen-bond acceptors (Lipinski definition) is 4. The van der Waals surface area contributed by atoms with Gasteiger partial charge in [-0.3, -0.25) is 4.79 Å². The number of aliphatic hydroxyl groups excluding tert-OH is 1. The first-order valence-electron chi connectivity index (χ1n) is 7.02. The maximum absolute atomic E-state index is 12.6. The quantitative estimate of drug-likeness (QED) is 0.881. The molecule has 1 fully saturated rings. The SMILES string of the molecule is O=C(c1ccc2n[nH]nc2c1)N(CCO)C1CCCC1. The molecule has 6 nitrogen and oxygen atoms in total. The fraction of sp³-hybridized carbons (Fsp3) is 0.500. The van der Waals surface area contributed by atoms with E-state index in [0.717, 1.165) is 31.2 Å². The highest BCUT2D eigenvalue weighted by Gasteiger charge is 2.27. The van der Waals surface area contributed by atoms with Gasteiger partial charge in [-0.2, -0.15) is 15.4 Å². The van der Waals surface area contributed by atoms with E-state index < -0.39 is 0 Å². The van der Waals surface area contributed by atoms with Crippen LogP contribution in [0.4, 0.5) is 0 Å². The van der Waals surface area contributed by atoms with E-state index in [4.69, 9.17) is 0 Å². The van der Waals surface area contributed by atoms with E-state index in [9.17, 15) is 9.90 Å². The smallest absolute Gasteiger partial charge is 0.254 e. The van der Waals surface area contributed by atoms with Crippen molar-refractivity contribution < 1.29 is 9.90 Å². The van der Waals surface area contributed by atoms with E-state index in [0.29, 0.717) is 17.6 Å². The highest BCUT2D eigenvalue weighted by Crippen LogP contribution is 2.25. The maximum atomic E-state index is 12.6. The summed E-state index contributed by atoms with van der Waals surface area (Å²) in [6, 6.07) is 5.56. The lowest BCUT2D eigenvalue weighted by Crippen LogP contribution is -2.40. The fourth-order valence-electron chi connectivity index (χ4n) is 2.91. The number of benzene rings is 1. The lowest BCUT2D eigenvalue weighted by Gasteiger charge is -2.28. The Balaban J connectivity index is 1.87. The van der Waals surface area contributed by atoms with Crippen molar-refractivity contribution in [2.75, 3.05) is 13.2 Å². The lowest BCUT2D eigenvalue weighted by atomic mass is 10.1. The molecule has 2 aromatic rings. The second-order valence-corrected chi connectivity index (χ2v) is 5.19. The van der Waals surface area contributed by atoms with E-state index in [1.807, 2.05) is 0 Å². The standard InChI is InChI=1S/C14H18N4O2/c19-8-7-18(11-3-1-2-4-11)14(20)10-5-6-12-13(9-10)16-17-15-12/h5-6,9,11,19H,1-4,7-8H2,(H,15,16,17). The van der Waals surface area contributed by atoms with Crippen molar-refractivity contribution in [3.63, 3.8) is 0 Å². The van der Waals surface area contributed by atoms with Gasteiger partial charge in [-0.15, -0.1) is 0 Å². The van der Waals surface area contributed by atoms with Crippen molar-refractivity contribution in [1.29, 1.82) is 0 Å². The van der Waals surface area contributed by atoms with Crippen molar-refractivity contribution in [1.82, 2.24) is 20.3 Å². The molecule has 0 radical (unpaired) electrons. The van der Waals surface area contributed by atoms with Gasteiger partial charge < -0.3 is 10.0 Å². The van der Waals surface area contributed by atoms with Crippen LogP contribution in [0.15, 0.2) is 18.2 Å². The van der Waals surface area contributed by atoms with Crippen LogP contribution < -0.4 is 0 Å². The second-order valence-electron chi connectivity index (χ2n) is 5.19. The van der Waals surface area contributed by atoms with Crippen LogP contribution in [0.1, 0.15) is 36.0 Å². The molecule has 1 aromatic carbocycles. The van der Waals surface area contributed by atoms with Gasteiger partial charge in [-0.05, 0) is 31.0 Å². The summed E-state index contributed by atoms with van der Waals surface area (Å²) in [4.78, 5) is 14.4. The van der Waals surface area contributed by atoms with E-state index in [1.165, 1.54) is 0 Å². The third-order valence-electron chi connectivity index (χ3n) is 3.93. The summed E-state index contributed by atoms with van der Waals surface area (Å²) in [6.45, 7) is 0.384. The van der Waals surface area contributed by atoms with Gasteiger partial charge in [0, 0.05) is 18.2 Å². The van der Waals surface area contributed by atoms with Gasteiger partial charge in [-0.1, -0.05) is 12.8 Å². The lowest BCUT2D eigenvalue weighted by molar-refractivity contribution is 0.0638. The number of aromatic amines is 1. The zero-order valence-electron chi connectivity index (χ0n) is 11.2. The van der Waals surface area contributed by atoms with Crippen LogP contribution >= 0.6 is 0 Å². The minimum absolute atomic E-state index is 0.00551. The van der Waals surface area contributed by atoms with Gasteiger partial charge in [0.2, 0.25) is 0 Å². The molecule has 2 N–H and O–H groups in total. The van der Waals surface area contributed by atoms with E-state index in [1.54, 1.807) is 23.1 Å². The molecular formula is C14H18N4O2. The molecule has 106 valence electrons. The summed E-state index contributed by atoms with van der Waals surface area (Å²) in [5.74, 6) is -0.0316. The molecule has 0 saturated heterocycles. The molecule has 0 atom stereocenters. The Hall–Kier alpha value is -1.95. The average molecular weight is 274 g/mol. The van der Waals surface area contributed by atoms with Crippen LogP contribution in [0.3, 0.4) is 0 Å². The topological polar surface area (TPSA) is 82.1 Å². The molecule has 3 rings (SSSR count). The first kappa shape index (κ1) is 13.1. The summed E-state index contributed by atoms with van der Waals surface area (Å²) in [7, 11) is 0. The summed E-state index contributed by atoms with van der Waals surface area (Å²) in [6.07, 6.45) is 4.36. The fourth-order valence-corrected chi connectivity index (χ4v) is 2.91. The third-order valence-corrected chi connectivity index (χ3v) is 3.93. The molecule has 20 heavy (non-hydrogen) atoms. The zero-order valence-corrected chi connectivity index (χ0v) is 11.2.